The number of piperazine rings is 1. The first kappa shape index (κ1) is 23.3. The van der Waals surface area contributed by atoms with E-state index in [-0.39, 0.29) is 22.8 Å². The van der Waals surface area contributed by atoms with Crippen molar-refractivity contribution in [2.24, 2.45) is 0 Å². The van der Waals surface area contributed by atoms with Crippen molar-refractivity contribution < 1.29 is 18.0 Å². The maximum atomic E-state index is 12.6. The minimum atomic E-state index is -3.66. The largest absolute Gasteiger partial charge is 0.304 e. The van der Waals surface area contributed by atoms with Gasteiger partial charge in [-0.2, -0.15) is 4.31 Å². The zero-order valence-corrected chi connectivity index (χ0v) is 18.2. The summed E-state index contributed by atoms with van der Waals surface area (Å²) in [5.41, 5.74) is 4.92. The van der Waals surface area contributed by atoms with Crippen molar-refractivity contribution in [1.82, 2.24) is 25.0 Å². The van der Waals surface area contributed by atoms with Gasteiger partial charge in [-0.1, -0.05) is 19.9 Å². The summed E-state index contributed by atoms with van der Waals surface area (Å²) in [4.78, 5) is 28.8. The molecule has 0 bridgehead atoms. The predicted octanol–water partition coefficient (Wildman–Crippen LogP) is 0.116. The molecule has 1 aromatic rings. The lowest BCUT2D eigenvalue weighted by Crippen LogP contribution is -2.47. The zero-order valence-electron chi connectivity index (χ0n) is 17.3. The molecule has 2 rings (SSSR count). The quantitative estimate of drug-likeness (QED) is 0.574. The molecule has 1 fully saturated rings. The van der Waals surface area contributed by atoms with E-state index in [1.807, 2.05) is 0 Å². The van der Waals surface area contributed by atoms with Crippen LogP contribution in [-0.4, -0.2) is 87.2 Å². The van der Waals surface area contributed by atoms with Gasteiger partial charge >= 0.3 is 0 Å². The molecule has 0 spiro atoms. The van der Waals surface area contributed by atoms with Gasteiger partial charge in [0, 0.05) is 57.8 Å². The Balaban J connectivity index is 1.88. The summed E-state index contributed by atoms with van der Waals surface area (Å²) in [6.07, 6.45) is 0.278. The number of nitrogens with one attached hydrogen (secondary N) is 2. The van der Waals surface area contributed by atoms with Gasteiger partial charge in [0.2, 0.25) is 15.9 Å². The molecule has 9 nitrogen and oxygen atoms in total. The third kappa shape index (κ3) is 6.49. The zero-order chi connectivity index (χ0) is 21.4. The molecule has 2 N–H and O–H groups in total. The summed E-state index contributed by atoms with van der Waals surface area (Å²) in [7, 11) is -1.59. The molecule has 0 atom stereocenters. The van der Waals surface area contributed by atoms with Crippen LogP contribution in [0.3, 0.4) is 0 Å². The Morgan fingerprint density at radius 2 is 1.72 bits per heavy atom. The fraction of sp³-hybridized carbons (Fsp3) is 0.579. The molecule has 0 unspecified atom stereocenters. The molecule has 10 heteroatoms. The molecule has 0 aliphatic carbocycles. The molecule has 1 aromatic carbocycles. The highest BCUT2D eigenvalue weighted by Crippen LogP contribution is 2.16. The normalized spacial score (nSPS) is 16.0. The van der Waals surface area contributed by atoms with Gasteiger partial charge in [0.15, 0.2) is 0 Å². The second-order valence-corrected chi connectivity index (χ2v) is 8.95. The van der Waals surface area contributed by atoms with Gasteiger partial charge in [-0.05, 0) is 25.2 Å². The lowest BCUT2D eigenvalue weighted by atomic mass is 10.2. The topological polar surface area (TPSA) is 102 Å². The Labute approximate surface area is 173 Å². The van der Waals surface area contributed by atoms with Crippen LogP contribution in [-0.2, 0) is 14.8 Å². The molecule has 1 aliphatic heterocycles. The molecule has 0 aromatic heterocycles. The first-order valence-electron chi connectivity index (χ1n) is 9.88. The lowest BCUT2D eigenvalue weighted by Gasteiger charge is -2.32. The van der Waals surface area contributed by atoms with Crippen LogP contribution in [0.5, 0.6) is 0 Å². The molecular formula is C19H31N5O4S. The molecule has 2 amide bonds. The summed E-state index contributed by atoms with van der Waals surface area (Å²) >= 11 is 0. The molecule has 1 heterocycles. The Morgan fingerprint density at radius 3 is 2.34 bits per heavy atom. The Bertz CT molecular complexity index is 803. The van der Waals surface area contributed by atoms with Gasteiger partial charge in [-0.15, -0.1) is 0 Å². The first-order chi connectivity index (χ1) is 13.8. The van der Waals surface area contributed by atoms with Crippen molar-refractivity contribution in [3.8, 4) is 0 Å². The average molecular weight is 426 g/mol. The number of rotatable bonds is 8. The SMILES string of the molecule is CCN(CC)S(=O)(=O)c1cccc(C(=O)NNC(=O)CCN2CCN(C)CC2)c1. The molecule has 0 saturated carbocycles. The van der Waals surface area contributed by atoms with E-state index in [0.717, 1.165) is 26.2 Å². The van der Waals surface area contributed by atoms with Crippen molar-refractivity contribution in [2.45, 2.75) is 25.2 Å². The van der Waals surface area contributed by atoms with Crippen LogP contribution < -0.4 is 10.9 Å². The van der Waals surface area contributed by atoms with Gasteiger partial charge in [0.05, 0.1) is 4.90 Å². The third-order valence-corrected chi connectivity index (χ3v) is 7.05. The van der Waals surface area contributed by atoms with Gasteiger partial charge in [0.1, 0.15) is 0 Å². The van der Waals surface area contributed by atoms with Crippen LogP contribution in [0.1, 0.15) is 30.6 Å². The molecule has 1 aliphatic rings. The minimum Gasteiger partial charge on any atom is -0.304 e. The van der Waals surface area contributed by atoms with E-state index in [1.54, 1.807) is 13.8 Å². The number of carbonyl (C=O) groups excluding carboxylic acids is 2. The smallest absolute Gasteiger partial charge is 0.269 e. The number of carbonyl (C=O) groups is 2. The van der Waals surface area contributed by atoms with Crippen molar-refractivity contribution >= 4 is 21.8 Å². The van der Waals surface area contributed by atoms with Crippen molar-refractivity contribution in [2.75, 3.05) is 52.9 Å². The maximum Gasteiger partial charge on any atom is 0.269 e. The van der Waals surface area contributed by atoms with Crippen LogP contribution in [0.2, 0.25) is 0 Å². The van der Waals surface area contributed by atoms with Gasteiger partial charge < -0.3 is 9.80 Å². The number of sulfonamides is 1. The second kappa shape index (κ2) is 10.7. The fourth-order valence-corrected chi connectivity index (χ4v) is 4.61. The first-order valence-corrected chi connectivity index (χ1v) is 11.3. The highest BCUT2D eigenvalue weighted by Gasteiger charge is 2.22. The minimum absolute atomic E-state index is 0.0512. The molecule has 0 radical (unpaired) electrons. The summed E-state index contributed by atoms with van der Waals surface area (Å²) in [5, 5.41) is 0. The highest BCUT2D eigenvalue weighted by atomic mass is 32.2. The third-order valence-electron chi connectivity index (χ3n) is 5.01. The van der Waals surface area contributed by atoms with Crippen molar-refractivity contribution in [3.63, 3.8) is 0 Å². The summed E-state index contributed by atoms with van der Waals surface area (Å²) in [6.45, 7) is 8.64. The van der Waals surface area contributed by atoms with E-state index < -0.39 is 15.9 Å². The summed E-state index contributed by atoms with van der Waals surface area (Å²) in [6, 6.07) is 5.80. The fourth-order valence-electron chi connectivity index (χ4n) is 3.10. The Hall–Kier alpha value is -2.01. The van der Waals surface area contributed by atoms with E-state index in [1.165, 1.54) is 28.6 Å². The molecule has 29 heavy (non-hydrogen) atoms. The molecule has 1 saturated heterocycles. The van der Waals surface area contributed by atoms with Crippen LogP contribution >= 0.6 is 0 Å². The number of amides is 2. The lowest BCUT2D eigenvalue weighted by molar-refractivity contribution is -0.122. The van der Waals surface area contributed by atoms with Crippen LogP contribution in [0.4, 0.5) is 0 Å². The van der Waals surface area contributed by atoms with Crippen LogP contribution in [0, 0.1) is 0 Å². The standard InChI is InChI=1S/C19H31N5O4S/c1-4-24(5-2)29(27,28)17-8-6-7-16(15-17)19(26)21-20-18(25)9-10-23-13-11-22(3)12-14-23/h6-8,15H,4-5,9-14H2,1-3H3,(H,20,25)(H,21,26). The molecule has 162 valence electrons. The number of hydrogen-bond acceptors (Lipinski definition) is 6. The van der Waals surface area contributed by atoms with Gasteiger partial charge in [0.25, 0.3) is 5.91 Å². The van der Waals surface area contributed by atoms with Crippen LogP contribution in [0.25, 0.3) is 0 Å². The van der Waals surface area contributed by atoms with Crippen LogP contribution in [0.15, 0.2) is 29.2 Å². The second-order valence-electron chi connectivity index (χ2n) is 7.01. The number of hydrogen-bond donors (Lipinski definition) is 2. The van der Waals surface area contributed by atoms with Crippen molar-refractivity contribution in [1.29, 1.82) is 0 Å². The van der Waals surface area contributed by atoms with Gasteiger partial charge in [-0.3, -0.25) is 20.4 Å². The predicted molar refractivity (Wildman–Crippen MR) is 111 cm³/mol. The van der Waals surface area contributed by atoms with Gasteiger partial charge in [-0.25, -0.2) is 8.42 Å². The van der Waals surface area contributed by atoms with E-state index in [4.69, 9.17) is 0 Å². The molecular weight excluding hydrogens is 394 g/mol. The Kier molecular flexibility index (Phi) is 8.57. The van der Waals surface area contributed by atoms with E-state index in [2.05, 4.69) is 27.7 Å². The number of hydrazine groups is 1. The van der Waals surface area contributed by atoms with E-state index in [0.29, 0.717) is 19.6 Å². The number of benzene rings is 1. The monoisotopic (exact) mass is 425 g/mol. The maximum absolute atomic E-state index is 12.6. The highest BCUT2D eigenvalue weighted by molar-refractivity contribution is 7.89. The number of likely N-dealkylation sites (N-methyl/N-ethyl adjacent to an activating group) is 1. The summed E-state index contributed by atoms with van der Waals surface area (Å²) < 4.78 is 26.5. The van der Waals surface area contributed by atoms with E-state index >= 15 is 0 Å². The average Bonchev–Trinajstić information content (AvgIpc) is 2.72. The Morgan fingerprint density at radius 1 is 1.07 bits per heavy atom. The van der Waals surface area contributed by atoms with E-state index in [9.17, 15) is 18.0 Å². The van der Waals surface area contributed by atoms with Crippen molar-refractivity contribution in [3.05, 3.63) is 29.8 Å². The number of nitrogens with zero attached hydrogens (tertiary/aromatic N) is 3. The summed E-state index contributed by atoms with van der Waals surface area (Å²) in [5.74, 6) is -0.848.